The van der Waals surface area contributed by atoms with Gasteiger partial charge in [0.1, 0.15) is 0 Å². The summed E-state index contributed by atoms with van der Waals surface area (Å²) in [6.07, 6.45) is 0. The maximum absolute atomic E-state index is 8.84. The Labute approximate surface area is 122 Å². The molecule has 0 aliphatic rings. The van der Waals surface area contributed by atoms with Crippen molar-refractivity contribution in [1.82, 2.24) is 0 Å². The Hall–Kier alpha value is 1.42. The number of hydrogen-bond acceptors (Lipinski definition) is 9. The van der Waals surface area contributed by atoms with Crippen molar-refractivity contribution in [3.8, 4) is 0 Å². The molecule has 0 unspecified atom stereocenters. The zero-order valence-corrected chi connectivity index (χ0v) is 13.8. The Morgan fingerprint density at radius 3 is 0.562 bits per heavy atom. The molecule has 0 saturated heterocycles. The molecular formula is Cl3O9S3Sb. The first-order valence-corrected chi connectivity index (χ1v) is 8.67. The molecule has 0 fully saturated rings. The van der Waals surface area contributed by atoms with Crippen molar-refractivity contribution in [2.24, 2.45) is 0 Å². The van der Waals surface area contributed by atoms with E-state index in [4.69, 9.17) is 38.9 Å². The largest absolute Gasteiger partial charge is 3.00 e. The number of halogens is 3. The van der Waals surface area contributed by atoms with E-state index in [9.17, 15) is 0 Å². The minimum atomic E-state index is -4.44. The summed E-state index contributed by atoms with van der Waals surface area (Å²) < 4.78 is 79.6. The van der Waals surface area contributed by atoms with Gasteiger partial charge in [0, 0.05) is 32.0 Å². The van der Waals surface area contributed by atoms with E-state index in [0.29, 0.717) is 0 Å². The van der Waals surface area contributed by atoms with Crippen molar-refractivity contribution in [2.45, 2.75) is 0 Å². The SMILES string of the molecule is O=S(=O)([O-])Cl.O=S(=O)([O-])Cl.O=S(=O)([O-])Cl.[Sb+3]. The molecule has 0 aliphatic carbocycles. The minimum absolute atomic E-state index is 0. The molecule has 0 aromatic heterocycles. The summed E-state index contributed by atoms with van der Waals surface area (Å²) >= 11 is 0. The third-order valence-electron chi connectivity index (χ3n) is 0. The fourth-order valence-electron chi connectivity index (χ4n) is 0. The van der Waals surface area contributed by atoms with Crippen LogP contribution >= 0.6 is 32.0 Å². The van der Waals surface area contributed by atoms with Crippen molar-refractivity contribution in [1.29, 1.82) is 0 Å². The fourth-order valence-corrected chi connectivity index (χ4v) is 0. The van der Waals surface area contributed by atoms with Gasteiger partial charge in [-0.05, 0) is 0 Å². The molecule has 0 bridgehead atoms. The third kappa shape index (κ3) is 1590. The molecule has 16 heavy (non-hydrogen) atoms. The topological polar surface area (TPSA) is 172 Å². The Kier molecular flexibility index (Phi) is 16.9. The Balaban J connectivity index is -0.0000000655. The van der Waals surface area contributed by atoms with Gasteiger partial charge in [-0.15, -0.1) is 0 Å². The van der Waals surface area contributed by atoms with Crippen LogP contribution in [-0.4, -0.2) is 63.3 Å². The molecule has 0 amide bonds. The van der Waals surface area contributed by atoms with Gasteiger partial charge in [-0.2, -0.15) is 0 Å². The molecule has 16 heteroatoms. The molecular weight excluding hydrogens is 468 g/mol. The van der Waals surface area contributed by atoms with Crippen molar-refractivity contribution < 1.29 is 38.9 Å². The van der Waals surface area contributed by atoms with E-state index < -0.39 is 28.0 Å². The smallest absolute Gasteiger partial charge is 0.735 e. The summed E-state index contributed by atoms with van der Waals surface area (Å²) in [4.78, 5) is 0. The molecule has 0 heterocycles. The Bertz CT molecular complexity index is 347. The van der Waals surface area contributed by atoms with E-state index in [1.165, 1.54) is 0 Å². The van der Waals surface area contributed by atoms with E-state index in [0.717, 1.165) is 0 Å². The van der Waals surface area contributed by atoms with Crippen LogP contribution in [0.15, 0.2) is 0 Å². The second-order valence-electron chi connectivity index (χ2n) is 1.18. The summed E-state index contributed by atoms with van der Waals surface area (Å²) in [5, 5.41) is 0. The fraction of sp³-hybridized carbons (Fsp3) is 0. The molecule has 0 aliphatic heterocycles. The number of rotatable bonds is 0. The van der Waals surface area contributed by atoms with Crippen LogP contribution in [0.25, 0.3) is 0 Å². The van der Waals surface area contributed by atoms with Crippen LogP contribution < -0.4 is 0 Å². The van der Waals surface area contributed by atoms with E-state index in [2.05, 4.69) is 32.0 Å². The summed E-state index contributed by atoms with van der Waals surface area (Å²) in [6, 6.07) is 0. The van der Waals surface area contributed by atoms with Crippen molar-refractivity contribution in [3.05, 3.63) is 0 Å². The predicted octanol–water partition coefficient (Wildman–Crippen LogP) is -1.32. The zero-order valence-electron chi connectivity index (χ0n) is 6.48. The summed E-state index contributed by atoms with van der Waals surface area (Å²) in [5.74, 6) is 0. The van der Waals surface area contributed by atoms with Gasteiger partial charge in [-0.1, -0.05) is 0 Å². The number of hydrogen-bond donors (Lipinski definition) is 0. The summed E-state index contributed by atoms with van der Waals surface area (Å²) in [5.41, 5.74) is 0. The second-order valence-corrected chi connectivity index (χ2v) is 6.94. The summed E-state index contributed by atoms with van der Waals surface area (Å²) in [7, 11) is -1.49. The van der Waals surface area contributed by atoms with Gasteiger partial charge >= 0.3 is 24.4 Å². The average molecular weight is 468 g/mol. The van der Waals surface area contributed by atoms with Crippen molar-refractivity contribution >= 4 is 84.5 Å². The summed E-state index contributed by atoms with van der Waals surface area (Å²) in [6.45, 7) is 0. The molecule has 0 saturated carbocycles. The molecule has 0 aromatic carbocycles. The molecule has 9 nitrogen and oxygen atoms in total. The van der Waals surface area contributed by atoms with E-state index >= 15 is 0 Å². The maximum atomic E-state index is 8.84. The van der Waals surface area contributed by atoms with Crippen LogP contribution in [0.5, 0.6) is 0 Å². The second kappa shape index (κ2) is 10.4. The van der Waals surface area contributed by atoms with Crippen LogP contribution in [0.4, 0.5) is 0 Å². The van der Waals surface area contributed by atoms with Crippen LogP contribution in [-0.2, 0) is 28.0 Å². The first-order valence-electron chi connectivity index (χ1n) is 1.96. The van der Waals surface area contributed by atoms with Gasteiger partial charge in [-0.3, -0.25) is 0 Å². The first-order chi connectivity index (χ1) is 6.00. The molecule has 0 atom stereocenters. The first kappa shape index (κ1) is 26.1. The predicted molar refractivity (Wildman–Crippen MR) is 52.4 cm³/mol. The standard InChI is InChI=1S/3ClHO3S.Sb/c3*1-5(2,3)4;/h3*(H,2,3,4);/q;;;+3/p-3. The zero-order chi connectivity index (χ0) is 13.5. The Morgan fingerprint density at radius 1 is 0.562 bits per heavy atom. The van der Waals surface area contributed by atoms with Crippen LogP contribution in [0.1, 0.15) is 0 Å². The maximum Gasteiger partial charge on any atom is 3.00 e. The van der Waals surface area contributed by atoms with Gasteiger partial charge in [0.25, 0.3) is 0 Å². The molecule has 0 spiro atoms. The van der Waals surface area contributed by atoms with Gasteiger partial charge in [0.15, 0.2) is 28.0 Å². The molecule has 2 radical (unpaired) electrons. The van der Waals surface area contributed by atoms with Gasteiger partial charge in [0.05, 0.1) is 0 Å². The van der Waals surface area contributed by atoms with Crippen LogP contribution in [0.2, 0.25) is 0 Å². The quantitative estimate of drug-likeness (QED) is 0.237. The molecule has 0 N–H and O–H groups in total. The third-order valence-corrected chi connectivity index (χ3v) is 0. The van der Waals surface area contributed by atoms with Crippen molar-refractivity contribution in [2.75, 3.05) is 0 Å². The Morgan fingerprint density at radius 2 is 0.562 bits per heavy atom. The minimum Gasteiger partial charge on any atom is -0.735 e. The monoisotopic (exact) mass is 466 g/mol. The van der Waals surface area contributed by atoms with E-state index in [1.54, 1.807) is 0 Å². The van der Waals surface area contributed by atoms with Gasteiger partial charge < -0.3 is 13.7 Å². The normalized spacial score (nSPS) is 10.9. The van der Waals surface area contributed by atoms with Crippen LogP contribution in [0.3, 0.4) is 0 Å². The van der Waals surface area contributed by atoms with E-state index in [-0.39, 0.29) is 24.4 Å². The molecule has 0 aromatic rings. The molecule has 0 rings (SSSR count). The molecule has 98 valence electrons. The van der Waals surface area contributed by atoms with Crippen LogP contribution in [0, 0.1) is 0 Å². The van der Waals surface area contributed by atoms with Gasteiger partial charge in [-0.25, -0.2) is 25.3 Å². The average Bonchev–Trinajstić information content (AvgIpc) is 1.41. The van der Waals surface area contributed by atoms with Gasteiger partial charge in [0.2, 0.25) is 0 Å². The van der Waals surface area contributed by atoms with Crippen molar-refractivity contribution in [3.63, 3.8) is 0 Å². The van der Waals surface area contributed by atoms with E-state index in [1.807, 2.05) is 0 Å².